The minimum absolute atomic E-state index is 0.294. The number of likely N-dealkylation sites (tertiary alicyclic amines) is 1. The van der Waals surface area contributed by atoms with Gasteiger partial charge in [0.25, 0.3) is 0 Å². The van der Waals surface area contributed by atoms with Crippen LogP contribution in [0.15, 0.2) is 12.4 Å². The molecule has 0 amide bonds. The van der Waals surface area contributed by atoms with Gasteiger partial charge in [-0.2, -0.15) is 5.10 Å². The van der Waals surface area contributed by atoms with Gasteiger partial charge in [0.05, 0.1) is 6.20 Å². The molecule has 1 aliphatic heterocycles. The zero-order valence-corrected chi connectivity index (χ0v) is 13.4. The van der Waals surface area contributed by atoms with E-state index >= 15 is 0 Å². The van der Waals surface area contributed by atoms with Gasteiger partial charge in [0.15, 0.2) is 0 Å². The third kappa shape index (κ3) is 3.16. The minimum Gasteiger partial charge on any atom is -0.326 e. The number of nitrogens with zero attached hydrogens (tertiary/aromatic N) is 3. The lowest BCUT2D eigenvalue weighted by molar-refractivity contribution is 0.0459. The Hall–Kier alpha value is -0.870. The fourth-order valence-corrected chi connectivity index (χ4v) is 4.44. The minimum atomic E-state index is 0.294. The van der Waals surface area contributed by atoms with E-state index in [2.05, 4.69) is 16.2 Å². The highest BCUT2D eigenvalue weighted by Gasteiger charge is 2.44. The van der Waals surface area contributed by atoms with Gasteiger partial charge in [-0.1, -0.05) is 19.3 Å². The molecule has 118 valence electrons. The summed E-state index contributed by atoms with van der Waals surface area (Å²) >= 11 is 0. The summed E-state index contributed by atoms with van der Waals surface area (Å²) in [5.74, 6) is 0. The summed E-state index contributed by atoms with van der Waals surface area (Å²) < 4.78 is 1.89. The van der Waals surface area contributed by atoms with Gasteiger partial charge in [-0.3, -0.25) is 9.58 Å². The first kappa shape index (κ1) is 15.0. The Labute approximate surface area is 128 Å². The van der Waals surface area contributed by atoms with Crippen molar-refractivity contribution < 1.29 is 0 Å². The normalized spacial score (nSPS) is 24.3. The first-order valence-corrected chi connectivity index (χ1v) is 8.69. The fourth-order valence-electron chi connectivity index (χ4n) is 4.44. The molecule has 21 heavy (non-hydrogen) atoms. The van der Waals surface area contributed by atoms with Crippen LogP contribution in [0.1, 0.15) is 56.9 Å². The monoisotopic (exact) mass is 290 g/mol. The third-order valence-corrected chi connectivity index (χ3v) is 5.65. The van der Waals surface area contributed by atoms with E-state index in [0.29, 0.717) is 11.6 Å². The predicted molar refractivity (Wildman–Crippen MR) is 86.1 cm³/mol. The van der Waals surface area contributed by atoms with Crippen molar-refractivity contribution in [1.29, 1.82) is 0 Å². The van der Waals surface area contributed by atoms with Gasteiger partial charge in [0, 0.05) is 24.8 Å². The summed E-state index contributed by atoms with van der Waals surface area (Å²) in [6.07, 6.45) is 15.7. The maximum absolute atomic E-state index is 6.73. The second-order valence-corrected chi connectivity index (χ2v) is 7.03. The molecular formula is C17H30N4. The Bertz CT molecular complexity index is 441. The van der Waals surface area contributed by atoms with Gasteiger partial charge < -0.3 is 5.73 Å². The van der Waals surface area contributed by atoms with E-state index in [4.69, 9.17) is 5.73 Å². The van der Waals surface area contributed by atoms with Crippen molar-refractivity contribution in [1.82, 2.24) is 14.7 Å². The van der Waals surface area contributed by atoms with Crippen LogP contribution < -0.4 is 5.73 Å². The van der Waals surface area contributed by atoms with Gasteiger partial charge in [-0.15, -0.1) is 0 Å². The summed E-state index contributed by atoms with van der Waals surface area (Å²) in [6.45, 7) is 2.53. The molecule has 2 N–H and O–H groups in total. The fraction of sp³-hybridized carbons (Fsp3) is 0.824. The van der Waals surface area contributed by atoms with Crippen molar-refractivity contribution >= 4 is 0 Å². The van der Waals surface area contributed by atoms with E-state index < -0.39 is 0 Å². The van der Waals surface area contributed by atoms with Crippen LogP contribution in [0.5, 0.6) is 0 Å². The Balaban J connectivity index is 1.65. The van der Waals surface area contributed by atoms with E-state index in [9.17, 15) is 0 Å². The zero-order valence-electron chi connectivity index (χ0n) is 13.4. The summed E-state index contributed by atoms with van der Waals surface area (Å²) in [7, 11) is 1.98. The molecule has 4 heteroatoms. The maximum atomic E-state index is 6.73. The van der Waals surface area contributed by atoms with Crippen molar-refractivity contribution in [3.63, 3.8) is 0 Å². The molecule has 1 aromatic heterocycles. The number of hydrogen-bond acceptors (Lipinski definition) is 3. The number of aromatic nitrogens is 2. The maximum Gasteiger partial charge on any atom is 0.0521 e. The van der Waals surface area contributed by atoms with E-state index in [-0.39, 0.29) is 0 Å². The van der Waals surface area contributed by atoms with Crippen molar-refractivity contribution in [2.45, 2.75) is 69.4 Å². The molecule has 0 aromatic carbocycles. The smallest absolute Gasteiger partial charge is 0.0521 e. The lowest BCUT2D eigenvalue weighted by atomic mass is 9.82. The van der Waals surface area contributed by atoms with E-state index in [0.717, 1.165) is 12.8 Å². The van der Waals surface area contributed by atoms with Gasteiger partial charge >= 0.3 is 0 Å². The van der Waals surface area contributed by atoms with Crippen LogP contribution in [0.25, 0.3) is 0 Å². The summed E-state index contributed by atoms with van der Waals surface area (Å²) in [4.78, 5) is 2.75. The van der Waals surface area contributed by atoms with Crippen molar-refractivity contribution in [3.05, 3.63) is 18.0 Å². The van der Waals surface area contributed by atoms with Crippen LogP contribution in [0.3, 0.4) is 0 Å². The molecular weight excluding hydrogens is 260 g/mol. The molecule has 2 aliphatic rings. The first-order chi connectivity index (χ1) is 10.2. The van der Waals surface area contributed by atoms with Crippen molar-refractivity contribution in [2.75, 3.05) is 13.1 Å². The topological polar surface area (TPSA) is 47.1 Å². The van der Waals surface area contributed by atoms with Crippen LogP contribution in [0.4, 0.5) is 0 Å². The van der Waals surface area contributed by atoms with Gasteiger partial charge in [0.1, 0.15) is 0 Å². The Morgan fingerprint density at radius 2 is 1.90 bits per heavy atom. The highest BCUT2D eigenvalue weighted by atomic mass is 15.2. The van der Waals surface area contributed by atoms with Crippen LogP contribution in [0, 0.1) is 0 Å². The second-order valence-electron chi connectivity index (χ2n) is 7.03. The predicted octanol–water partition coefficient (Wildman–Crippen LogP) is 2.48. The Morgan fingerprint density at radius 3 is 2.52 bits per heavy atom. The summed E-state index contributed by atoms with van der Waals surface area (Å²) in [5.41, 5.74) is 8.34. The number of hydrogen-bond donors (Lipinski definition) is 1. The van der Waals surface area contributed by atoms with Crippen LogP contribution in [0.2, 0.25) is 0 Å². The average Bonchev–Trinajstić information content (AvgIpc) is 3.15. The van der Waals surface area contributed by atoms with Gasteiger partial charge in [-0.05, 0) is 57.2 Å². The molecule has 1 atom stereocenters. The standard InChI is InChI=1S/C17H30N4/c1-20-14-15(13-19-20)7-8-16(18)17(9-3-4-10-17)21-11-5-2-6-12-21/h13-14,16H,2-12,18H2,1H3. The Morgan fingerprint density at radius 1 is 1.19 bits per heavy atom. The average molecular weight is 290 g/mol. The molecule has 4 nitrogen and oxygen atoms in total. The number of piperidine rings is 1. The largest absolute Gasteiger partial charge is 0.326 e. The molecule has 0 radical (unpaired) electrons. The third-order valence-electron chi connectivity index (χ3n) is 5.65. The summed E-state index contributed by atoms with van der Waals surface area (Å²) in [6, 6.07) is 0.304. The highest BCUT2D eigenvalue weighted by Crippen LogP contribution is 2.40. The van der Waals surface area contributed by atoms with Crippen LogP contribution in [-0.4, -0.2) is 39.4 Å². The molecule has 1 saturated carbocycles. The summed E-state index contributed by atoms with van der Waals surface area (Å²) in [5, 5.41) is 4.26. The SMILES string of the molecule is Cn1cc(CCC(N)C2(N3CCCCC3)CCCC2)cn1. The molecule has 0 spiro atoms. The molecule has 1 unspecified atom stereocenters. The quantitative estimate of drug-likeness (QED) is 0.906. The molecule has 1 aromatic rings. The first-order valence-electron chi connectivity index (χ1n) is 8.69. The van der Waals surface area contributed by atoms with Gasteiger partial charge in [0.2, 0.25) is 0 Å². The van der Waals surface area contributed by atoms with E-state index in [1.54, 1.807) is 0 Å². The number of rotatable bonds is 5. The van der Waals surface area contributed by atoms with E-state index in [1.807, 2.05) is 17.9 Å². The molecule has 1 saturated heterocycles. The molecule has 0 bridgehead atoms. The molecule has 1 aliphatic carbocycles. The van der Waals surface area contributed by atoms with Crippen LogP contribution in [-0.2, 0) is 13.5 Å². The number of nitrogens with two attached hydrogens (primary N) is 1. The molecule has 3 rings (SSSR count). The van der Waals surface area contributed by atoms with Gasteiger partial charge in [-0.25, -0.2) is 0 Å². The van der Waals surface area contributed by atoms with Crippen molar-refractivity contribution in [3.8, 4) is 0 Å². The second kappa shape index (κ2) is 6.49. The molecule has 2 heterocycles. The van der Waals surface area contributed by atoms with Crippen LogP contribution >= 0.6 is 0 Å². The molecule has 2 fully saturated rings. The van der Waals surface area contributed by atoms with E-state index in [1.165, 1.54) is 63.6 Å². The van der Waals surface area contributed by atoms with Crippen molar-refractivity contribution in [2.24, 2.45) is 12.8 Å². The zero-order chi connectivity index (χ0) is 14.7. The lowest BCUT2D eigenvalue weighted by Gasteiger charge is -2.47. The number of aryl methyl sites for hydroxylation is 2. The highest BCUT2D eigenvalue weighted by molar-refractivity contribution is 5.08. The lowest BCUT2D eigenvalue weighted by Crippen LogP contribution is -2.59. The Kier molecular flexibility index (Phi) is 4.65.